The maximum absolute atomic E-state index is 5.71. The Kier molecular flexibility index (Phi) is 1.60. The smallest absolute Gasteiger partial charge is 0.0531 e. The molecule has 0 saturated heterocycles. The molecule has 0 bridgehead atoms. The Morgan fingerprint density at radius 3 is 2.88 bits per heavy atom. The lowest BCUT2D eigenvalue weighted by Crippen LogP contribution is -1.81. The minimum absolute atomic E-state index is 0.195. The molecule has 0 amide bonds. The van der Waals surface area contributed by atoms with E-state index in [0.29, 0.717) is 0 Å². The first-order chi connectivity index (χ1) is 3.83. The van der Waals surface area contributed by atoms with Crippen molar-refractivity contribution in [3.63, 3.8) is 0 Å². The van der Waals surface area contributed by atoms with Crippen molar-refractivity contribution in [2.45, 2.75) is 18.2 Å². The Morgan fingerprint density at radius 1 is 1.88 bits per heavy atom. The van der Waals surface area contributed by atoms with E-state index in [1.807, 2.05) is 6.08 Å². The van der Waals surface area contributed by atoms with Gasteiger partial charge in [0.15, 0.2) is 0 Å². The largest absolute Gasteiger partial charge is 0.118 e. The maximum atomic E-state index is 5.71. The molecule has 0 radical (unpaired) electrons. The summed E-state index contributed by atoms with van der Waals surface area (Å²) < 4.78 is 0. The molecular weight excluding hydrogens is 120 g/mol. The summed E-state index contributed by atoms with van der Waals surface area (Å²) in [5, 5.41) is 0.195. The maximum Gasteiger partial charge on any atom is 0.0531 e. The van der Waals surface area contributed by atoms with Crippen molar-refractivity contribution in [1.82, 2.24) is 0 Å². The van der Waals surface area contributed by atoms with Crippen LogP contribution in [0.3, 0.4) is 0 Å². The SMILES string of the molecule is C#CC1=CC(Cl)CC1. The molecule has 1 aliphatic rings. The van der Waals surface area contributed by atoms with Crippen molar-refractivity contribution in [2.75, 3.05) is 0 Å². The average Bonchev–Trinajstić information content (AvgIpc) is 2.14. The summed E-state index contributed by atoms with van der Waals surface area (Å²) >= 11 is 5.71. The number of allylic oxidation sites excluding steroid dienone is 2. The summed E-state index contributed by atoms with van der Waals surface area (Å²) in [4.78, 5) is 0. The van der Waals surface area contributed by atoms with E-state index >= 15 is 0 Å². The Morgan fingerprint density at radius 2 is 2.62 bits per heavy atom. The fourth-order valence-corrected chi connectivity index (χ4v) is 1.06. The minimum atomic E-state index is 0.195. The predicted octanol–water partition coefficient (Wildman–Crippen LogP) is 1.95. The first-order valence-corrected chi connectivity index (χ1v) is 3.08. The van der Waals surface area contributed by atoms with Gasteiger partial charge in [-0.25, -0.2) is 0 Å². The van der Waals surface area contributed by atoms with Gasteiger partial charge in [0.1, 0.15) is 0 Å². The van der Waals surface area contributed by atoms with Gasteiger partial charge in [-0.2, -0.15) is 0 Å². The minimum Gasteiger partial charge on any atom is -0.118 e. The molecule has 0 saturated carbocycles. The van der Waals surface area contributed by atoms with Crippen LogP contribution < -0.4 is 0 Å². The second-order valence-corrected chi connectivity index (χ2v) is 2.45. The number of hydrogen-bond donors (Lipinski definition) is 0. The van der Waals surface area contributed by atoms with Gasteiger partial charge in [0.25, 0.3) is 0 Å². The van der Waals surface area contributed by atoms with Crippen molar-refractivity contribution < 1.29 is 0 Å². The molecule has 0 fully saturated rings. The number of hydrogen-bond acceptors (Lipinski definition) is 0. The third kappa shape index (κ3) is 1.05. The van der Waals surface area contributed by atoms with Crippen LogP contribution >= 0.6 is 11.6 Å². The highest BCUT2D eigenvalue weighted by Crippen LogP contribution is 2.21. The van der Waals surface area contributed by atoms with E-state index in [0.717, 1.165) is 18.4 Å². The summed E-state index contributed by atoms with van der Waals surface area (Å²) in [6.07, 6.45) is 9.07. The topological polar surface area (TPSA) is 0 Å². The molecule has 1 aliphatic carbocycles. The summed E-state index contributed by atoms with van der Waals surface area (Å²) in [5.41, 5.74) is 1.06. The van der Waals surface area contributed by atoms with Crippen LogP contribution in [0.25, 0.3) is 0 Å². The Hall–Kier alpha value is -0.410. The van der Waals surface area contributed by atoms with Crippen LogP contribution in [0.4, 0.5) is 0 Å². The van der Waals surface area contributed by atoms with E-state index < -0.39 is 0 Å². The van der Waals surface area contributed by atoms with E-state index in [-0.39, 0.29) is 5.38 Å². The monoisotopic (exact) mass is 126 g/mol. The third-order valence-electron chi connectivity index (χ3n) is 1.26. The molecule has 1 atom stereocenters. The Balaban J connectivity index is 2.61. The van der Waals surface area contributed by atoms with E-state index in [1.54, 1.807) is 0 Å². The van der Waals surface area contributed by atoms with Crippen LogP contribution in [-0.4, -0.2) is 5.38 Å². The fraction of sp³-hybridized carbons (Fsp3) is 0.429. The van der Waals surface area contributed by atoms with Gasteiger partial charge in [0, 0.05) is 0 Å². The van der Waals surface area contributed by atoms with Gasteiger partial charge in [-0.1, -0.05) is 12.0 Å². The first-order valence-electron chi connectivity index (χ1n) is 2.64. The number of rotatable bonds is 0. The average molecular weight is 127 g/mol. The molecule has 0 heterocycles. The zero-order valence-corrected chi connectivity index (χ0v) is 5.28. The second-order valence-electron chi connectivity index (χ2n) is 1.89. The molecule has 0 nitrogen and oxygen atoms in total. The van der Waals surface area contributed by atoms with Gasteiger partial charge >= 0.3 is 0 Å². The quantitative estimate of drug-likeness (QED) is 0.344. The van der Waals surface area contributed by atoms with Gasteiger partial charge in [-0.3, -0.25) is 0 Å². The third-order valence-corrected chi connectivity index (χ3v) is 1.60. The van der Waals surface area contributed by atoms with Crippen molar-refractivity contribution in [1.29, 1.82) is 0 Å². The lowest BCUT2D eigenvalue weighted by atomic mass is 10.2. The molecule has 8 heavy (non-hydrogen) atoms. The van der Waals surface area contributed by atoms with Gasteiger partial charge in [0.2, 0.25) is 0 Å². The number of terminal acetylenes is 1. The highest BCUT2D eigenvalue weighted by Gasteiger charge is 2.09. The fourth-order valence-electron chi connectivity index (χ4n) is 0.799. The summed E-state index contributed by atoms with van der Waals surface area (Å²) in [6.45, 7) is 0. The summed E-state index contributed by atoms with van der Waals surface area (Å²) in [7, 11) is 0. The Bertz CT molecular complexity index is 150. The van der Waals surface area contributed by atoms with Crippen molar-refractivity contribution in [3.05, 3.63) is 11.6 Å². The van der Waals surface area contributed by atoms with Gasteiger partial charge in [0.05, 0.1) is 5.38 Å². The highest BCUT2D eigenvalue weighted by molar-refractivity contribution is 6.22. The number of halogens is 1. The molecular formula is C7H7Cl. The summed E-state index contributed by atoms with van der Waals surface area (Å²) in [5.74, 6) is 2.57. The molecule has 0 aliphatic heterocycles. The van der Waals surface area contributed by atoms with Crippen molar-refractivity contribution in [2.24, 2.45) is 0 Å². The number of alkyl halides is 1. The second kappa shape index (κ2) is 2.24. The summed E-state index contributed by atoms with van der Waals surface area (Å²) in [6, 6.07) is 0. The molecule has 0 aromatic carbocycles. The van der Waals surface area contributed by atoms with Gasteiger partial charge in [-0.05, 0) is 18.4 Å². The normalized spacial score (nSPS) is 27.0. The van der Waals surface area contributed by atoms with Crippen LogP contribution in [0.5, 0.6) is 0 Å². The molecule has 1 heteroatoms. The molecule has 0 aromatic rings. The lowest BCUT2D eigenvalue weighted by molar-refractivity contribution is 0.925. The van der Waals surface area contributed by atoms with Crippen LogP contribution in [-0.2, 0) is 0 Å². The molecule has 1 rings (SSSR count). The molecule has 42 valence electrons. The molecule has 1 unspecified atom stereocenters. The van der Waals surface area contributed by atoms with Crippen molar-refractivity contribution in [3.8, 4) is 12.3 Å². The standard InChI is InChI=1S/C7H7Cl/c1-2-6-3-4-7(8)5-6/h1,5,7H,3-4H2. The molecule has 0 spiro atoms. The zero-order valence-electron chi connectivity index (χ0n) is 4.52. The lowest BCUT2D eigenvalue weighted by Gasteiger charge is -1.86. The first kappa shape index (κ1) is 5.72. The van der Waals surface area contributed by atoms with Crippen molar-refractivity contribution >= 4 is 11.6 Å². The highest BCUT2D eigenvalue weighted by atomic mass is 35.5. The van der Waals surface area contributed by atoms with Crippen LogP contribution in [0, 0.1) is 12.3 Å². The van der Waals surface area contributed by atoms with E-state index in [2.05, 4.69) is 5.92 Å². The molecule has 0 N–H and O–H groups in total. The van der Waals surface area contributed by atoms with Gasteiger partial charge in [-0.15, -0.1) is 18.0 Å². The van der Waals surface area contributed by atoms with E-state index in [9.17, 15) is 0 Å². The molecule has 0 aromatic heterocycles. The zero-order chi connectivity index (χ0) is 5.98. The van der Waals surface area contributed by atoms with Crippen LogP contribution in [0.2, 0.25) is 0 Å². The van der Waals surface area contributed by atoms with Crippen LogP contribution in [0.1, 0.15) is 12.8 Å². The van der Waals surface area contributed by atoms with Gasteiger partial charge < -0.3 is 0 Å². The predicted molar refractivity (Wildman–Crippen MR) is 35.8 cm³/mol. The van der Waals surface area contributed by atoms with Crippen LogP contribution in [0.15, 0.2) is 11.6 Å². The van der Waals surface area contributed by atoms with E-state index in [4.69, 9.17) is 18.0 Å². The Labute approximate surface area is 54.5 Å². The van der Waals surface area contributed by atoms with E-state index in [1.165, 1.54) is 0 Å².